The number of rotatable bonds is 6. The maximum Gasteiger partial charge on any atom is 0.194 e. The Morgan fingerprint density at radius 2 is 2.21 bits per heavy atom. The predicted molar refractivity (Wildman–Crippen MR) is 114 cm³/mol. The van der Waals surface area contributed by atoms with Crippen LogP contribution in [0.1, 0.15) is 18.9 Å². The molecule has 2 saturated heterocycles. The van der Waals surface area contributed by atoms with E-state index in [9.17, 15) is 0 Å². The summed E-state index contributed by atoms with van der Waals surface area (Å²) in [6.07, 6.45) is 2.76. The Balaban J connectivity index is 1.37. The van der Waals surface area contributed by atoms with Crippen LogP contribution in [0.25, 0.3) is 11.4 Å². The lowest BCUT2D eigenvalue weighted by Crippen LogP contribution is -2.42. The molecule has 0 aliphatic carbocycles. The van der Waals surface area contributed by atoms with Gasteiger partial charge in [-0.3, -0.25) is 10.00 Å². The largest absolute Gasteiger partial charge is 0.379 e. The normalized spacial score (nSPS) is 20.9. The molecule has 0 radical (unpaired) electrons. The Kier molecular flexibility index (Phi) is 6.74. The van der Waals surface area contributed by atoms with Crippen LogP contribution in [-0.4, -0.2) is 83.4 Å². The van der Waals surface area contributed by atoms with Crippen molar-refractivity contribution >= 4 is 5.96 Å². The van der Waals surface area contributed by atoms with Gasteiger partial charge in [-0.2, -0.15) is 5.10 Å². The lowest BCUT2D eigenvalue weighted by Gasteiger charge is -2.29. The molecular formula is C21H31N7O. The van der Waals surface area contributed by atoms with E-state index in [-0.39, 0.29) is 0 Å². The van der Waals surface area contributed by atoms with Crippen molar-refractivity contribution < 1.29 is 4.74 Å². The average Bonchev–Trinajstić information content (AvgIpc) is 3.45. The number of aromatic nitrogens is 3. The van der Waals surface area contributed by atoms with Crippen molar-refractivity contribution in [1.29, 1.82) is 0 Å². The molecule has 0 amide bonds. The summed E-state index contributed by atoms with van der Waals surface area (Å²) in [5.74, 6) is 2.50. The maximum atomic E-state index is 5.47. The molecule has 2 aliphatic rings. The first-order chi connectivity index (χ1) is 14.3. The van der Waals surface area contributed by atoms with Gasteiger partial charge >= 0.3 is 0 Å². The van der Waals surface area contributed by atoms with Gasteiger partial charge in [0.25, 0.3) is 0 Å². The maximum absolute atomic E-state index is 5.47. The highest BCUT2D eigenvalue weighted by molar-refractivity contribution is 5.80. The van der Waals surface area contributed by atoms with E-state index in [4.69, 9.17) is 9.73 Å². The smallest absolute Gasteiger partial charge is 0.194 e. The minimum atomic E-state index is 0.648. The number of guanidine groups is 1. The van der Waals surface area contributed by atoms with Crippen LogP contribution in [0.5, 0.6) is 0 Å². The van der Waals surface area contributed by atoms with Crippen molar-refractivity contribution in [3.8, 4) is 11.4 Å². The second kappa shape index (κ2) is 9.84. The Morgan fingerprint density at radius 3 is 3.00 bits per heavy atom. The number of likely N-dealkylation sites (tertiary alicyclic amines) is 1. The molecule has 2 N–H and O–H groups in total. The Bertz CT molecular complexity index is 786. The molecule has 3 heterocycles. The monoisotopic (exact) mass is 397 g/mol. The predicted octanol–water partition coefficient (Wildman–Crippen LogP) is 1.59. The van der Waals surface area contributed by atoms with Gasteiger partial charge in [0.05, 0.1) is 19.8 Å². The van der Waals surface area contributed by atoms with Crippen LogP contribution in [0.15, 0.2) is 35.6 Å². The second-order valence-electron chi connectivity index (χ2n) is 7.72. The molecule has 2 aliphatic heterocycles. The lowest BCUT2D eigenvalue weighted by atomic mass is 10.1. The fourth-order valence-electron chi connectivity index (χ4n) is 4.08. The molecule has 1 unspecified atom stereocenters. The van der Waals surface area contributed by atoms with E-state index in [0.717, 1.165) is 63.3 Å². The number of nitrogens with zero attached hydrogens (tertiary/aromatic N) is 5. The van der Waals surface area contributed by atoms with Crippen LogP contribution in [0.2, 0.25) is 0 Å². The van der Waals surface area contributed by atoms with Crippen LogP contribution in [-0.2, 0) is 11.3 Å². The quantitative estimate of drug-likeness (QED) is 0.569. The summed E-state index contributed by atoms with van der Waals surface area (Å²) >= 11 is 0. The van der Waals surface area contributed by atoms with Gasteiger partial charge < -0.3 is 15.0 Å². The Labute approximate surface area is 172 Å². The van der Waals surface area contributed by atoms with Gasteiger partial charge in [-0.25, -0.2) is 9.98 Å². The summed E-state index contributed by atoms with van der Waals surface area (Å²) < 4.78 is 5.47. The zero-order valence-electron chi connectivity index (χ0n) is 17.2. The minimum absolute atomic E-state index is 0.648. The number of benzene rings is 1. The van der Waals surface area contributed by atoms with Crippen molar-refractivity contribution in [3.63, 3.8) is 0 Å². The van der Waals surface area contributed by atoms with Gasteiger partial charge in [0.15, 0.2) is 11.8 Å². The number of ether oxygens (including phenoxy) is 1. The third-order valence-electron chi connectivity index (χ3n) is 5.57. The number of H-pyrrole nitrogens is 1. The molecule has 2 aromatic rings. The summed E-state index contributed by atoms with van der Waals surface area (Å²) in [5, 5.41) is 10.3. The van der Waals surface area contributed by atoms with E-state index in [1.165, 1.54) is 24.9 Å². The summed E-state index contributed by atoms with van der Waals surface area (Å²) in [6, 6.07) is 8.32. The van der Waals surface area contributed by atoms with Gasteiger partial charge in [0, 0.05) is 44.8 Å². The van der Waals surface area contributed by atoms with Gasteiger partial charge in [0.2, 0.25) is 0 Å². The van der Waals surface area contributed by atoms with Crippen molar-refractivity contribution in [1.82, 2.24) is 30.3 Å². The van der Waals surface area contributed by atoms with Gasteiger partial charge in [-0.15, -0.1) is 0 Å². The number of nitrogens with one attached hydrogen (secondary N) is 2. The molecule has 2 fully saturated rings. The molecular weight excluding hydrogens is 366 g/mol. The van der Waals surface area contributed by atoms with Crippen LogP contribution in [0, 0.1) is 5.92 Å². The molecule has 0 spiro atoms. The number of morpholine rings is 1. The van der Waals surface area contributed by atoms with Gasteiger partial charge in [-0.1, -0.05) is 18.2 Å². The standard InChI is InChI=1S/C21H31N7O/c1-2-22-21(28-7-6-18(15-28)14-27-8-10-29-11-9-27)23-13-17-4-3-5-19(12-17)20-24-16-25-26-20/h3-5,12,16,18H,2,6-11,13-15H2,1H3,(H,22,23)(H,24,25,26). The fraction of sp³-hybridized carbons (Fsp3) is 0.571. The molecule has 4 rings (SSSR count). The highest BCUT2D eigenvalue weighted by Crippen LogP contribution is 2.19. The molecule has 1 atom stereocenters. The highest BCUT2D eigenvalue weighted by Gasteiger charge is 2.27. The lowest BCUT2D eigenvalue weighted by molar-refractivity contribution is 0.0315. The van der Waals surface area contributed by atoms with Crippen molar-refractivity contribution in [3.05, 3.63) is 36.2 Å². The molecule has 0 bridgehead atoms. The first kappa shape index (κ1) is 19.8. The van der Waals surface area contributed by atoms with E-state index >= 15 is 0 Å². The van der Waals surface area contributed by atoms with E-state index in [2.05, 4.69) is 49.4 Å². The number of aliphatic imine (C=N–C) groups is 1. The molecule has 156 valence electrons. The minimum Gasteiger partial charge on any atom is -0.379 e. The van der Waals surface area contributed by atoms with Crippen LogP contribution >= 0.6 is 0 Å². The first-order valence-electron chi connectivity index (χ1n) is 10.6. The van der Waals surface area contributed by atoms with E-state index in [0.29, 0.717) is 12.5 Å². The average molecular weight is 398 g/mol. The van der Waals surface area contributed by atoms with Crippen LogP contribution in [0.3, 0.4) is 0 Å². The molecule has 0 saturated carbocycles. The molecule has 8 heteroatoms. The summed E-state index contributed by atoms with van der Waals surface area (Å²) in [4.78, 5) is 14.1. The van der Waals surface area contributed by atoms with E-state index < -0.39 is 0 Å². The molecule has 1 aromatic heterocycles. The van der Waals surface area contributed by atoms with Crippen molar-refractivity contribution in [2.45, 2.75) is 19.9 Å². The zero-order valence-corrected chi connectivity index (χ0v) is 17.2. The van der Waals surface area contributed by atoms with Crippen LogP contribution in [0.4, 0.5) is 0 Å². The SMILES string of the molecule is CCNC(=NCc1cccc(-c2ncn[nH]2)c1)N1CCC(CN2CCOCC2)C1. The summed E-state index contributed by atoms with van der Waals surface area (Å²) in [7, 11) is 0. The summed E-state index contributed by atoms with van der Waals surface area (Å²) in [5.41, 5.74) is 2.20. The van der Waals surface area contributed by atoms with E-state index in [1.807, 2.05) is 12.1 Å². The molecule has 29 heavy (non-hydrogen) atoms. The number of hydrogen-bond donors (Lipinski definition) is 2. The van der Waals surface area contributed by atoms with Crippen molar-refractivity contribution in [2.75, 3.05) is 52.5 Å². The van der Waals surface area contributed by atoms with Crippen LogP contribution < -0.4 is 5.32 Å². The zero-order chi connectivity index (χ0) is 19.9. The third kappa shape index (κ3) is 5.33. The molecule has 8 nitrogen and oxygen atoms in total. The number of aromatic amines is 1. The summed E-state index contributed by atoms with van der Waals surface area (Å²) in [6.45, 7) is 10.8. The second-order valence-corrected chi connectivity index (χ2v) is 7.72. The van der Waals surface area contributed by atoms with Crippen molar-refractivity contribution in [2.24, 2.45) is 10.9 Å². The topological polar surface area (TPSA) is 81.7 Å². The third-order valence-corrected chi connectivity index (χ3v) is 5.57. The van der Waals surface area contributed by atoms with Gasteiger partial charge in [0.1, 0.15) is 6.33 Å². The molecule has 1 aromatic carbocycles. The fourth-order valence-corrected chi connectivity index (χ4v) is 4.08. The van der Waals surface area contributed by atoms with Gasteiger partial charge in [-0.05, 0) is 30.9 Å². The Hall–Kier alpha value is -2.45. The first-order valence-corrected chi connectivity index (χ1v) is 10.6. The van der Waals surface area contributed by atoms with E-state index in [1.54, 1.807) is 0 Å². The number of hydrogen-bond acceptors (Lipinski definition) is 5. The highest BCUT2D eigenvalue weighted by atomic mass is 16.5. The Morgan fingerprint density at radius 1 is 1.31 bits per heavy atom.